The average molecular weight is 238 g/mol. The van der Waals surface area contributed by atoms with Gasteiger partial charge in [0.2, 0.25) is 0 Å². The summed E-state index contributed by atoms with van der Waals surface area (Å²) in [7, 11) is 0. The first kappa shape index (κ1) is 11.3. The van der Waals surface area contributed by atoms with Gasteiger partial charge >= 0.3 is 0 Å². The second-order valence-electron chi connectivity index (χ2n) is 5.00. The lowest BCUT2D eigenvalue weighted by molar-refractivity contribution is 0.636. The lowest BCUT2D eigenvalue weighted by Gasteiger charge is -2.14. The van der Waals surface area contributed by atoms with Crippen LogP contribution in [-0.4, -0.2) is 10.3 Å². The molecule has 1 aromatic heterocycles. The molecular weight excluding hydrogens is 220 g/mol. The van der Waals surface area contributed by atoms with Gasteiger partial charge < -0.3 is 4.57 Å². The van der Waals surface area contributed by atoms with Gasteiger partial charge in [-0.15, -0.1) is 0 Å². The molecule has 0 atom stereocenters. The topological polar surface area (TPSA) is 28.8 Å². The SMILES string of the molecule is CC=C(C)C(=N)c1cn2c3c(cccc13)CCC2. The third-order valence-electron chi connectivity index (χ3n) is 3.92. The monoisotopic (exact) mass is 238 g/mol. The van der Waals surface area contributed by atoms with E-state index in [0.717, 1.165) is 24.1 Å². The summed E-state index contributed by atoms with van der Waals surface area (Å²) in [6.07, 6.45) is 6.53. The van der Waals surface area contributed by atoms with E-state index in [9.17, 15) is 0 Å². The molecule has 2 nitrogen and oxygen atoms in total. The number of allylic oxidation sites excluding steroid dienone is 2. The first-order valence-electron chi connectivity index (χ1n) is 6.55. The Balaban J connectivity index is 2.27. The summed E-state index contributed by atoms with van der Waals surface area (Å²) >= 11 is 0. The van der Waals surface area contributed by atoms with Crippen LogP contribution in [0.5, 0.6) is 0 Å². The second-order valence-corrected chi connectivity index (χ2v) is 5.00. The van der Waals surface area contributed by atoms with Gasteiger partial charge in [0.15, 0.2) is 0 Å². The van der Waals surface area contributed by atoms with Crippen LogP contribution in [0.2, 0.25) is 0 Å². The molecule has 0 saturated heterocycles. The van der Waals surface area contributed by atoms with Crippen molar-refractivity contribution in [1.29, 1.82) is 5.41 Å². The van der Waals surface area contributed by atoms with Crippen LogP contribution in [0.4, 0.5) is 0 Å². The van der Waals surface area contributed by atoms with Gasteiger partial charge in [-0.2, -0.15) is 0 Å². The maximum absolute atomic E-state index is 8.32. The molecule has 0 fully saturated rings. The lowest BCUT2D eigenvalue weighted by Crippen LogP contribution is -2.05. The Morgan fingerprint density at radius 1 is 1.39 bits per heavy atom. The average Bonchev–Trinajstić information content (AvgIpc) is 2.79. The number of aromatic nitrogens is 1. The van der Waals surface area contributed by atoms with Crippen molar-refractivity contribution < 1.29 is 0 Å². The highest BCUT2D eigenvalue weighted by Gasteiger charge is 2.18. The predicted molar refractivity (Wildman–Crippen MR) is 76.5 cm³/mol. The van der Waals surface area contributed by atoms with Crippen LogP contribution in [-0.2, 0) is 13.0 Å². The zero-order valence-electron chi connectivity index (χ0n) is 11.0. The molecule has 0 bridgehead atoms. The fourth-order valence-electron chi connectivity index (χ4n) is 2.81. The largest absolute Gasteiger partial charge is 0.347 e. The van der Waals surface area contributed by atoms with E-state index in [2.05, 4.69) is 29.0 Å². The Labute approximate surface area is 107 Å². The van der Waals surface area contributed by atoms with Crippen molar-refractivity contribution in [3.63, 3.8) is 0 Å². The summed E-state index contributed by atoms with van der Waals surface area (Å²) in [6, 6.07) is 6.48. The van der Waals surface area contributed by atoms with Crippen molar-refractivity contribution in [3.05, 3.63) is 47.2 Å². The van der Waals surface area contributed by atoms with Crippen molar-refractivity contribution in [3.8, 4) is 0 Å². The third kappa shape index (κ3) is 1.52. The summed E-state index contributed by atoms with van der Waals surface area (Å²) in [5.41, 5.74) is 5.53. The standard InChI is InChI=1S/C16H18N2/c1-3-11(2)15(17)14-10-18-9-5-7-12-6-4-8-13(14)16(12)18/h3-4,6,8,10,17H,5,7,9H2,1-2H3. The highest BCUT2D eigenvalue weighted by Crippen LogP contribution is 2.30. The van der Waals surface area contributed by atoms with E-state index in [-0.39, 0.29) is 0 Å². The quantitative estimate of drug-likeness (QED) is 0.768. The second kappa shape index (κ2) is 4.13. The van der Waals surface area contributed by atoms with Gasteiger partial charge in [0, 0.05) is 23.7 Å². The molecule has 2 heteroatoms. The van der Waals surface area contributed by atoms with Gasteiger partial charge in [-0.3, -0.25) is 5.41 Å². The molecule has 0 amide bonds. The van der Waals surface area contributed by atoms with Crippen LogP contribution in [0.1, 0.15) is 31.4 Å². The molecule has 0 saturated carbocycles. The zero-order valence-corrected chi connectivity index (χ0v) is 11.0. The Morgan fingerprint density at radius 2 is 2.22 bits per heavy atom. The fraction of sp³-hybridized carbons (Fsp3) is 0.312. The van der Waals surface area contributed by atoms with Crippen molar-refractivity contribution in [2.75, 3.05) is 0 Å². The van der Waals surface area contributed by atoms with Gasteiger partial charge in [0.05, 0.1) is 11.2 Å². The number of nitrogens with zero attached hydrogens (tertiary/aromatic N) is 1. The van der Waals surface area contributed by atoms with E-state index in [1.807, 2.05) is 19.9 Å². The molecule has 0 unspecified atom stereocenters. The molecule has 1 aliphatic heterocycles. The van der Waals surface area contributed by atoms with E-state index in [0.29, 0.717) is 5.71 Å². The summed E-state index contributed by atoms with van der Waals surface area (Å²) in [6.45, 7) is 5.08. The van der Waals surface area contributed by atoms with Crippen LogP contribution in [0, 0.1) is 5.41 Å². The Morgan fingerprint density at radius 3 is 3.00 bits per heavy atom. The van der Waals surface area contributed by atoms with Gasteiger partial charge in [-0.05, 0) is 37.8 Å². The number of rotatable bonds is 2. The Kier molecular flexibility index (Phi) is 2.58. The minimum absolute atomic E-state index is 0.653. The van der Waals surface area contributed by atoms with Crippen LogP contribution >= 0.6 is 0 Å². The van der Waals surface area contributed by atoms with Crippen molar-refractivity contribution in [2.45, 2.75) is 33.2 Å². The van der Waals surface area contributed by atoms with Gasteiger partial charge in [-0.25, -0.2) is 0 Å². The predicted octanol–water partition coefficient (Wildman–Crippen LogP) is 3.92. The van der Waals surface area contributed by atoms with Crippen molar-refractivity contribution in [1.82, 2.24) is 4.57 Å². The van der Waals surface area contributed by atoms with Gasteiger partial charge in [0.1, 0.15) is 0 Å². The summed E-state index contributed by atoms with van der Waals surface area (Å²) in [5, 5.41) is 9.55. The summed E-state index contributed by atoms with van der Waals surface area (Å²) < 4.78 is 2.32. The highest BCUT2D eigenvalue weighted by molar-refractivity contribution is 6.17. The van der Waals surface area contributed by atoms with Crippen LogP contribution < -0.4 is 0 Å². The number of para-hydroxylation sites is 1. The Hall–Kier alpha value is -1.83. The van der Waals surface area contributed by atoms with Crippen LogP contribution in [0.3, 0.4) is 0 Å². The smallest absolute Gasteiger partial charge is 0.0659 e. The molecule has 0 spiro atoms. The molecule has 92 valence electrons. The van der Waals surface area contributed by atoms with Gasteiger partial charge in [0.25, 0.3) is 0 Å². The van der Waals surface area contributed by atoms with Gasteiger partial charge in [-0.1, -0.05) is 24.3 Å². The highest BCUT2D eigenvalue weighted by atomic mass is 15.0. The molecule has 18 heavy (non-hydrogen) atoms. The molecular formula is C16H18N2. The first-order valence-corrected chi connectivity index (χ1v) is 6.55. The maximum Gasteiger partial charge on any atom is 0.0659 e. The number of hydrogen-bond donors (Lipinski definition) is 1. The minimum Gasteiger partial charge on any atom is -0.347 e. The van der Waals surface area contributed by atoms with Crippen LogP contribution in [0.15, 0.2) is 36.0 Å². The number of aryl methyl sites for hydroxylation is 2. The molecule has 1 aromatic carbocycles. The van der Waals surface area contributed by atoms with E-state index in [1.165, 1.54) is 22.9 Å². The molecule has 3 rings (SSSR count). The third-order valence-corrected chi connectivity index (χ3v) is 3.92. The van der Waals surface area contributed by atoms with E-state index < -0.39 is 0 Å². The lowest BCUT2D eigenvalue weighted by atomic mass is 9.99. The molecule has 1 aliphatic rings. The Bertz CT molecular complexity index is 659. The summed E-state index contributed by atoms with van der Waals surface area (Å²) in [4.78, 5) is 0. The number of benzene rings is 1. The number of hydrogen-bond acceptors (Lipinski definition) is 1. The zero-order chi connectivity index (χ0) is 12.7. The number of nitrogens with one attached hydrogen (secondary N) is 1. The molecule has 0 radical (unpaired) electrons. The van der Waals surface area contributed by atoms with E-state index >= 15 is 0 Å². The normalized spacial score (nSPS) is 15.1. The molecule has 2 aromatic rings. The van der Waals surface area contributed by atoms with Crippen LogP contribution in [0.25, 0.3) is 10.9 Å². The molecule has 1 N–H and O–H groups in total. The fourth-order valence-corrected chi connectivity index (χ4v) is 2.81. The maximum atomic E-state index is 8.32. The first-order chi connectivity index (χ1) is 8.72. The minimum atomic E-state index is 0.653. The molecule has 0 aliphatic carbocycles. The van der Waals surface area contributed by atoms with Crippen molar-refractivity contribution >= 4 is 16.6 Å². The van der Waals surface area contributed by atoms with Crippen molar-refractivity contribution in [2.24, 2.45) is 0 Å². The molecule has 2 heterocycles. The summed E-state index contributed by atoms with van der Waals surface area (Å²) in [5.74, 6) is 0. The van der Waals surface area contributed by atoms with E-state index in [4.69, 9.17) is 5.41 Å². The van der Waals surface area contributed by atoms with E-state index in [1.54, 1.807) is 0 Å².